The van der Waals surface area contributed by atoms with E-state index in [0.717, 1.165) is 24.2 Å². The van der Waals surface area contributed by atoms with Gasteiger partial charge in [-0.3, -0.25) is 9.59 Å². The van der Waals surface area contributed by atoms with Crippen LogP contribution in [0, 0.1) is 5.92 Å². The molecule has 208 valence electrons. The number of aromatic nitrogens is 1. The summed E-state index contributed by atoms with van der Waals surface area (Å²) in [5.41, 5.74) is 3.58. The molecule has 0 radical (unpaired) electrons. The first kappa shape index (κ1) is 32.6. The number of allylic oxidation sites excluding steroid dienone is 3. The highest BCUT2D eigenvalue weighted by Crippen LogP contribution is 2.28. The van der Waals surface area contributed by atoms with Crippen molar-refractivity contribution in [3.63, 3.8) is 0 Å². The molecule has 0 amide bonds. The van der Waals surface area contributed by atoms with Crippen molar-refractivity contribution in [1.29, 1.82) is 0 Å². The lowest BCUT2D eigenvalue weighted by molar-refractivity contribution is -0.122. The second kappa shape index (κ2) is 18.8. The van der Waals surface area contributed by atoms with Gasteiger partial charge < -0.3 is 14.6 Å². The molecule has 2 aromatic rings. The highest BCUT2D eigenvalue weighted by atomic mass is 16.5. The molecule has 0 aliphatic heterocycles. The molecular weight excluding hydrogens is 478 g/mol. The number of ether oxygens (including phenoxy) is 2. The fourth-order valence-electron chi connectivity index (χ4n) is 4.16. The molecule has 1 aliphatic rings. The molecule has 0 saturated carbocycles. The number of ketones is 1. The summed E-state index contributed by atoms with van der Waals surface area (Å²) < 4.78 is 12.2. The second-order valence-electron chi connectivity index (χ2n) is 8.97. The van der Waals surface area contributed by atoms with Crippen LogP contribution in [0.5, 0.6) is 5.88 Å². The van der Waals surface area contributed by atoms with Crippen molar-refractivity contribution >= 4 is 12.3 Å². The van der Waals surface area contributed by atoms with E-state index in [1.54, 1.807) is 6.20 Å². The lowest BCUT2D eigenvalue weighted by atomic mass is 9.92. The second-order valence-corrected chi connectivity index (χ2v) is 8.97. The molecule has 38 heavy (non-hydrogen) atoms. The molecule has 1 heterocycles. The third kappa shape index (κ3) is 10.9. The molecule has 1 aliphatic carbocycles. The van der Waals surface area contributed by atoms with E-state index in [9.17, 15) is 4.79 Å². The van der Waals surface area contributed by atoms with Gasteiger partial charge in [0.15, 0.2) is 5.78 Å². The summed E-state index contributed by atoms with van der Waals surface area (Å²) in [5.74, 6) is 1.94. The fourth-order valence-corrected chi connectivity index (χ4v) is 4.16. The van der Waals surface area contributed by atoms with Crippen LogP contribution >= 0.6 is 0 Å². The standard InChI is InChI=1S/C29H37NO3.C2H6.CH2O2/c1-5-11-24-14-10-15-26(18-21(24)3)32-17-16-22(4)33-29-27(19-23(6-2)20-30-29)28(31)25-12-8-7-9-13-25;1-2;2-1-3/h7-9,12-13,15,18-20,22,24H,5-6,10-11,14,16-17H2,1-4H3;1-2H3;1H,(H,2,3)/t22-,24?;;/m1../s1. The summed E-state index contributed by atoms with van der Waals surface area (Å²) in [6, 6.07) is 11.2. The van der Waals surface area contributed by atoms with Gasteiger partial charge in [0.1, 0.15) is 11.9 Å². The van der Waals surface area contributed by atoms with Crippen LogP contribution in [0.15, 0.2) is 66.1 Å². The molecule has 1 aromatic heterocycles. The first-order valence-corrected chi connectivity index (χ1v) is 13.8. The first-order valence-electron chi connectivity index (χ1n) is 13.8. The van der Waals surface area contributed by atoms with Crippen LogP contribution in [0.2, 0.25) is 0 Å². The van der Waals surface area contributed by atoms with Crippen LogP contribution in [0.3, 0.4) is 0 Å². The molecule has 6 nitrogen and oxygen atoms in total. The number of carbonyl (C=O) groups excluding carboxylic acids is 1. The fraction of sp³-hybridized carbons (Fsp3) is 0.469. The SMILES string of the molecule is CC.CCCC1CCC=C(OCC[C@@H](C)Oc2ncc(CC)cc2C(=O)c2ccccc2)C=C1C.O=CO. The smallest absolute Gasteiger partial charge is 0.290 e. The number of nitrogens with zero attached hydrogens (tertiary/aromatic N) is 1. The van der Waals surface area contributed by atoms with Gasteiger partial charge in [-0.25, -0.2) is 4.98 Å². The Morgan fingerprint density at radius 3 is 2.53 bits per heavy atom. The van der Waals surface area contributed by atoms with Gasteiger partial charge in [0, 0.05) is 18.2 Å². The van der Waals surface area contributed by atoms with Gasteiger partial charge in [-0.2, -0.15) is 0 Å². The van der Waals surface area contributed by atoms with Gasteiger partial charge in [-0.05, 0) is 69.2 Å². The van der Waals surface area contributed by atoms with E-state index in [0.29, 0.717) is 36.0 Å². The van der Waals surface area contributed by atoms with Gasteiger partial charge in [0.2, 0.25) is 5.88 Å². The molecule has 2 atom stereocenters. The zero-order chi connectivity index (χ0) is 28.3. The molecule has 6 heteroatoms. The Morgan fingerprint density at radius 2 is 1.89 bits per heavy atom. The third-order valence-corrected chi connectivity index (χ3v) is 6.21. The monoisotopic (exact) mass is 523 g/mol. The lowest BCUT2D eigenvalue weighted by Crippen LogP contribution is -2.18. The van der Waals surface area contributed by atoms with Crippen molar-refractivity contribution in [2.75, 3.05) is 6.61 Å². The average molecular weight is 524 g/mol. The summed E-state index contributed by atoms with van der Waals surface area (Å²) in [7, 11) is 0. The van der Waals surface area contributed by atoms with Crippen LogP contribution in [0.25, 0.3) is 0 Å². The Kier molecular flexibility index (Phi) is 16.1. The highest BCUT2D eigenvalue weighted by molar-refractivity contribution is 6.10. The zero-order valence-corrected chi connectivity index (χ0v) is 23.9. The van der Waals surface area contributed by atoms with Crippen molar-refractivity contribution in [2.24, 2.45) is 5.92 Å². The van der Waals surface area contributed by atoms with Crippen molar-refractivity contribution in [3.05, 3.63) is 82.8 Å². The topological polar surface area (TPSA) is 85.7 Å². The maximum atomic E-state index is 13.1. The van der Waals surface area contributed by atoms with Crippen LogP contribution in [0.4, 0.5) is 0 Å². The molecule has 1 unspecified atom stereocenters. The van der Waals surface area contributed by atoms with Gasteiger partial charge in [0.05, 0.1) is 12.2 Å². The molecule has 0 saturated heterocycles. The Bertz CT molecular complexity index is 1030. The quantitative estimate of drug-likeness (QED) is 0.239. The Morgan fingerprint density at radius 1 is 1.21 bits per heavy atom. The number of benzene rings is 1. The van der Waals surface area contributed by atoms with E-state index in [2.05, 4.69) is 37.9 Å². The minimum atomic E-state index is -0.250. The number of carbonyl (C=O) groups is 2. The van der Waals surface area contributed by atoms with Gasteiger partial charge in [0.25, 0.3) is 6.47 Å². The molecular formula is C32H45NO5. The minimum absolute atomic E-state index is 0.0669. The summed E-state index contributed by atoms with van der Waals surface area (Å²) in [4.78, 5) is 26.0. The average Bonchev–Trinajstić information content (AvgIpc) is 3.11. The summed E-state index contributed by atoms with van der Waals surface area (Å²) >= 11 is 0. The number of pyridine rings is 1. The summed E-state index contributed by atoms with van der Waals surface area (Å²) in [6.07, 6.45) is 12.3. The molecule has 3 rings (SSSR count). The molecule has 0 spiro atoms. The van der Waals surface area contributed by atoms with E-state index in [1.165, 1.54) is 24.8 Å². The van der Waals surface area contributed by atoms with Gasteiger partial charge in [-0.15, -0.1) is 0 Å². The number of rotatable bonds is 11. The largest absolute Gasteiger partial charge is 0.494 e. The summed E-state index contributed by atoms with van der Waals surface area (Å²) in [6.45, 7) is 12.8. The van der Waals surface area contributed by atoms with Crippen LogP contribution in [-0.2, 0) is 16.0 Å². The van der Waals surface area contributed by atoms with Crippen molar-refractivity contribution in [1.82, 2.24) is 4.98 Å². The Labute approximate surface area is 228 Å². The van der Waals surface area contributed by atoms with Crippen molar-refractivity contribution in [3.8, 4) is 5.88 Å². The van der Waals surface area contributed by atoms with E-state index >= 15 is 0 Å². The number of aryl methyl sites for hydroxylation is 1. The Balaban J connectivity index is 0.00000135. The highest BCUT2D eigenvalue weighted by Gasteiger charge is 2.19. The van der Waals surface area contributed by atoms with Crippen molar-refractivity contribution < 1.29 is 24.2 Å². The molecule has 1 N–H and O–H groups in total. The Hall–Kier alpha value is -3.41. The maximum absolute atomic E-state index is 13.1. The van der Waals surface area contributed by atoms with Crippen LogP contribution < -0.4 is 4.74 Å². The predicted molar refractivity (Wildman–Crippen MR) is 154 cm³/mol. The molecule has 0 fully saturated rings. The number of hydrogen-bond donors (Lipinski definition) is 1. The van der Waals surface area contributed by atoms with Gasteiger partial charge >= 0.3 is 0 Å². The van der Waals surface area contributed by atoms with Crippen LogP contribution in [-0.4, -0.2) is 35.1 Å². The first-order chi connectivity index (χ1) is 18.4. The lowest BCUT2D eigenvalue weighted by Gasteiger charge is -2.17. The normalized spacial score (nSPS) is 15.2. The number of carboxylic acid groups (broad SMARTS) is 1. The summed E-state index contributed by atoms with van der Waals surface area (Å²) in [5, 5.41) is 6.89. The molecule has 0 bridgehead atoms. The van der Waals surface area contributed by atoms with Gasteiger partial charge in [-0.1, -0.05) is 70.0 Å². The predicted octanol–water partition coefficient (Wildman–Crippen LogP) is 7.82. The maximum Gasteiger partial charge on any atom is 0.290 e. The van der Waals surface area contributed by atoms with Crippen molar-refractivity contribution in [2.45, 2.75) is 86.2 Å². The minimum Gasteiger partial charge on any atom is -0.494 e. The third-order valence-electron chi connectivity index (χ3n) is 6.21. The van der Waals surface area contributed by atoms with E-state index in [1.807, 2.05) is 57.2 Å². The van der Waals surface area contributed by atoms with E-state index in [4.69, 9.17) is 19.4 Å². The van der Waals surface area contributed by atoms with Crippen LogP contribution in [0.1, 0.15) is 95.1 Å². The van der Waals surface area contributed by atoms with E-state index in [-0.39, 0.29) is 18.4 Å². The molecule has 1 aromatic carbocycles. The zero-order valence-electron chi connectivity index (χ0n) is 23.9. The van der Waals surface area contributed by atoms with E-state index < -0.39 is 0 Å². The number of hydrogen-bond acceptors (Lipinski definition) is 5.